The van der Waals surface area contributed by atoms with Crippen LogP contribution in [0.15, 0.2) is 65.4 Å². The van der Waals surface area contributed by atoms with Crippen LogP contribution >= 0.6 is 0 Å². The number of nitrogens with two attached hydrogens (primary N) is 1. The van der Waals surface area contributed by atoms with E-state index in [2.05, 4.69) is 15.7 Å². The molecule has 0 aliphatic carbocycles. The zero-order valence-electron chi connectivity index (χ0n) is 12.1. The van der Waals surface area contributed by atoms with Crippen molar-refractivity contribution < 1.29 is 4.79 Å². The van der Waals surface area contributed by atoms with Crippen molar-refractivity contribution in [3.05, 3.63) is 71.4 Å². The second-order valence-electron chi connectivity index (χ2n) is 5.06. The highest BCUT2D eigenvalue weighted by atomic mass is 16.2. The first-order valence-corrected chi connectivity index (χ1v) is 6.91. The number of anilines is 2. The van der Waals surface area contributed by atoms with Crippen LogP contribution in [0.3, 0.4) is 0 Å². The van der Waals surface area contributed by atoms with Gasteiger partial charge in [0.25, 0.3) is 5.91 Å². The highest BCUT2D eigenvalue weighted by molar-refractivity contribution is 6.18. The SMILES string of the molecule is Cc1ccc(C(/C=C2\Nc3ccccc3NC2=O)=N\N)cc1. The Hall–Kier alpha value is -3.08. The minimum atomic E-state index is -0.216. The lowest BCUT2D eigenvalue weighted by molar-refractivity contribution is -0.112. The number of hydrogen-bond acceptors (Lipinski definition) is 4. The van der Waals surface area contributed by atoms with Crippen LogP contribution in [-0.2, 0) is 4.79 Å². The quantitative estimate of drug-likeness (QED) is 0.344. The van der Waals surface area contributed by atoms with Crippen molar-refractivity contribution in [2.45, 2.75) is 6.92 Å². The standard InChI is InChI=1S/C17H16N4O/c1-11-6-8-12(9-7-11)15(21-18)10-16-17(22)20-14-5-3-2-4-13(14)19-16/h2-10,19H,18H2,1H3,(H,20,22)/b16-10-,21-15-. The topological polar surface area (TPSA) is 79.5 Å². The molecule has 2 aromatic rings. The van der Waals surface area contributed by atoms with Crippen LogP contribution in [0.2, 0.25) is 0 Å². The number of fused-ring (bicyclic) bond motifs is 1. The minimum absolute atomic E-state index is 0.216. The summed E-state index contributed by atoms with van der Waals surface area (Å²) in [6.07, 6.45) is 1.65. The fraction of sp³-hybridized carbons (Fsp3) is 0.0588. The molecule has 0 saturated carbocycles. The van der Waals surface area contributed by atoms with E-state index in [1.165, 1.54) is 0 Å². The second-order valence-corrected chi connectivity index (χ2v) is 5.06. The Morgan fingerprint density at radius 1 is 1.05 bits per heavy atom. The largest absolute Gasteiger partial charge is 0.349 e. The summed E-state index contributed by atoms with van der Waals surface area (Å²) < 4.78 is 0. The molecule has 22 heavy (non-hydrogen) atoms. The Balaban J connectivity index is 1.94. The second kappa shape index (κ2) is 5.73. The Morgan fingerprint density at radius 3 is 2.32 bits per heavy atom. The lowest BCUT2D eigenvalue weighted by atomic mass is 10.1. The van der Waals surface area contributed by atoms with E-state index in [0.29, 0.717) is 11.4 Å². The van der Waals surface area contributed by atoms with Crippen molar-refractivity contribution in [2.24, 2.45) is 10.9 Å². The fourth-order valence-electron chi connectivity index (χ4n) is 2.25. The summed E-state index contributed by atoms with van der Waals surface area (Å²) >= 11 is 0. The van der Waals surface area contributed by atoms with E-state index < -0.39 is 0 Å². The molecule has 0 spiro atoms. The molecule has 1 aliphatic heterocycles. The number of carbonyl (C=O) groups is 1. The third-order valence-corrected chi connectivity index (χ3v) is 3.46. The van der Waals surface area contributed by atoms with E-state index in [1.54, 1.807) is 6.08 Å². The first-order chi connectivity index (χ1) is 10.7. The third kappa shape index (κ3) is 2.69. The number of carbonyl (C=O) groups excluding carboxylic acids is 1. The number of nitrogens with one attached hydrogen (secondary N) is 2. The molecule has 1 amide bonds. The first-order valence-electron chi connectivity index (χ1n) is 6.91. The van der Waals surface area contributed by atoms with Crippen LogP contribution in [0.25, 0.3) is 0 Å². The van der Waals surface area contributed by atoms with Gasteiger partial charge < -0.3 is 16.5 Å². The van der Waals surface area contributed by atoms with Gasteiger partial charge in [-0.15, -0.1) is 0 Å². The molecule has 0 saturated heterocycles. The molecule has 1 aliphatic rings. The summed E-state index contributed by atoms with van der Waals surface area (Å²) in [6.45, 7) is 2.01. The molecular formula is C17H16N4O. The summed E-state index contributed by atoms with van der Waals surface area (Å²) in [5, 5.41) is 9.73. The van der Waals surface area contributed by atoms with Crippen LogP contribution in [0.1, 0.15) is 11.1 Å². The van der Waals surface area contributed by atoms with Gasteiger partial charge in [-0.1, -0.05) is 42.0 Å². The van der Waals surface area contributed by atoms with Crippen molar-refractivity contribution in [3.63, 3.8) is 0 Å². The summed E-state index contributed by atoms with van der Waals surface area (Å²) in [5.41, 5.74) is 4.55. The lowest BCUT2D eigenvalue weighted by Gasteiger charge is -2.21. The molecule has 0 bridgehead atoms. The Labute approximate surface area is 128 Å². The van der Waals surface area contributed by atoms with Crippen molar-refractivity contribution in [1.29, 1.82) is 0 Å². The monoisotopic (exact) mass is 292 g/mol. The predicted molar refractivity (Wildman–Crippen MR) is 88.7 cm³/mol. The number of hydrazone groups is 1. The molecule has 0 atom stereocenters. The summed E-state index contributed by atoms with van der Waals surface area (Å²) in [6, 6.07) is 15.3. The molecule has 2 aromatic carbocycles. The highest BCUT2D eigenvalue weighted by Crippen LogP contribution is 2.27. The van der Waals surface area contributed by atoms with Gasteiger partial charge in [0.2, 0.25) is 0 Å². The third-order valence-electron chi connectivity index (χ3n) is 3.46. The average molecular weight is 292 g/mol. The smallest absolute Gasteiger partial charge is 0.272 e. The molecular weight excluding hydrogens is 276 g/mol. The average Bonchev–Trinajstić information content (AvgIpc) is 2.54. The van der Waals surface area contributed by atoms with Gasteiger partial charge in [-0.2, -0.15) is 5.10 Å². The van der Waals surface area contributed by atoms with Gasteiger partial charge in [-0.25, -0.2) is 0 Å². The fourth-order valence-corrected chi connectivity index (χ4v) is 2.25. The van der Waals surface area contributed by atoms with Gasteiger partial charge in [0, 0.05) is 5.56 Å². The molecule has 1 heterocycles. The van der Waals surface area contributed by atoms with Crippen molar-refractivity contribution in [2.75, 3.05) is 10.6 Å². The number of benzene rings is 2. The van der Waals surface area contributed by atoms with Gasteiger partial charge in [0.05, 0.1) is 17.1 Å². The van der Waals surface area contributed by atoms with Crippen LogP contribution in [0.4, 0.5) is 11.4 Å². The van der Waals surface area contributed by atoms with Gasteiger partial charge >= 0.3 is 0 Å². The zero-order valence-corrected chi connectivity index (χ0v) is 12.1. The van der Waals surface area contributed by atoms with E-state index in [9.17, 15) is 4.79 Å². The highest BCUT2D eigenvalue weighted by Gasteiger charge is 2.19. The maximum atomic E-state index is 12.2. The molecule has 4 N–H and O–H groups in total. The van der Waals surface area contributed by atoms with Crippen LogP contribution in [0.5, 0.6) is 0 Å². The summed E-state index contributed by atoms with van der Waals surface area (Å²) in [7, 11) is 0. The van der Waals surface area contributed by atoms with Crippen LogP contribution in [0, 0.1) is 6.92 Å². The molecule has 0 fully saturated rings. The number of para-hydroxylation sites is 2. The number of hydrogen-bond donors (Lipinski definition) is 3. The van der Waals surface area contributed by atoms with E-state index in [0.717, 1.165) is 22.5 Å². The van der Waals surface area contributed by atoms with Gasteiger partial charge in [0.1, 0.15) is 5.70 Å². The van der Waals surface area contributed by atoms with E-state index in [-0.39, 0.29) is 5.91 Å². The molecule has 0 aromatic heterocycles. The number of rotatable bonds is 2. The maximum Gasteiger partial charge on any atom is 0.272 e. The Kier molecular flexibility index (Phi) is 3.62. The maximum absolute atomic E-state index is 12.2. The van der Waals surface area contributed by atoms with Crippen molar-refractivity contribution in [1.82, 2.24) is 0 Å². The summed E-state index contributed by atoms with van der Waals surface area (Å²) in [5.74, 6) is 5.27. The van der Waals surface area contributed by atoms with E-state index >= 15 is 0 Å². The molecule has 110 valence electrons. The lowest BCUT2D eigenvalue weighted by Crippen LogP contribution is -2.26. The molecule has 0 unspecified atom stereocenters. The van der Waals surface area contributed by atoms with E-state index in [1.807, 2.05) is 55.5 Å². The van der Waals surface area contributed by atoms with Crippen molar-refractivity contribution >= 4 is 23.0 Å². The number of amides is 1. The minimum Gasteiger partial charge on any atom is -0.349 e. The summed E-state index contributed by atoms with van der Waals surface area (Å²) in [4.78, 5) is 12.2. The molecule has 5 heteroatoms. The normalized spacial score (nSPS) is 16.0. The first kappa shape index (κ1) is 13.9. The van der Waals surface area contributed by atoms with Gasteiger partial charge in [0.15, 0.2) is 0 Å². The zero-order chi connectivity index (χ0) is 15.5. The number of nitrogens with zero attached hydrogens (tertiary/aromatic N) is 1. The van der Waals surface area contributed by atoms with Gasteiger partial charge in [-0.05, 0) is 25.1 Å². The van der Waals surface area contributed by atoms with Crippen molar-refractivity contribution in [3.8, 4) is 0 Å². The van der Waals surface area contributed by atoms with Crippen LogP contribution in [-0.4, -0.2) is 11.6 Å². The molecule has 5 nitrogen and oxygen atoms in total. The van der Waals surface area contributed by atoms with E-state index in [4.69, 9.17) is 5.84 Å². The number of aryl methyl sites for hydroxylation is 1. The van der Waals surface area contributed by atoms with Crippen LogP contribution < -0.4 is 16.5 Å². The van der Waals surface area contributed by atoms with Gasteiger partial charge in [-0.3, -0.25) is 4.79 Å². The Bertz CT molecular complexity index is 776. The number of allylic oxidation sites excluding steroid dienone is 1. The molecule has 3 rings (SSSR count). The Morgan fingerprint density at radius 2 is 1.68 bits per heavy atom. The predicted octanol–water partition coefficient (Wildman–Crippen LogP) is 2.61. The molecule has 0 radical (unpaired) electrons.